The van der Waals surface area contributed by atoms with Gasteiger partial charge in [-0.05, 0) is 48.6 Å². The van der Waals surface area contributed by atoms with Crippen LogP contribution in [-0.4, -0.2) is 29.2 Å². The molecule has 0 unspecified atom stereocenters. The van der Waals surface area contributed by atoms with E-state index in [0.29, 0.717) is 11.4 Å². The molecule has 0 aliphatic heterocycles. The van der Waals surface area contributed by atoms with E-state index >= 15 is 0 Å². The van der Waals surface area contributed by atoms with Gasteiger partial charge in [-0.1, -0.05) is 23.2 Å². The number of carboxylic acid groups (broad SMARTS) is 1. The lowest BCUT2D eigenvalue weighted by molar-refractivity contribution is 0.0697. The van der Waals surface area contributed by atoms with Crippen molar-refractivity contribution in [3.05, 3.63) is 57.6 Å². The lowest BCUT2D eigenvalue weighted by atomic mass is 10.2. The molecule has 25 heavy (non-hydrogen) atoms. The van der Waals surface area contributed by atoms with Crippen LogP contribution in [0.2, 0.25) is 10.0 Å². The van der Waals surface area contributed by atoms with Crippen LogP contribution in [0.3, 0.4) is 0 Å². The fourth-order valence-electron chi connectivity index (χ4n) is 1.91. The third-order valence-corrected chi connectivity index (χ3v) is 3.92. The molecule has 0 heterocycles. The molecule has 2 aromatic rings. The van der Waals surface area contributed by atoms with E-state index in [-0.39, 0.29) is 26.3 Å². The first kappa shape index (κ1) is 19.0. The lowest BCUT2D eigenvalue weighted by Crippen LogP contribution is -2.34. The molecule has 3 N–H and O–H groups in total. The number of carboxylic acids is 1. The van der Waals surface area contributed by atoms with Gasteiger partial charge in [0.1, 0.15) is 5.75 Å². The van der Waals surface area contributed by atoms with E-state index in [2.05, 4.69) is 10.6 Å². The molecule has 0 bridgehead atoms. The summed E-state index contributed by atoms with van der Waals surface area (Å²) in [6.45, 7) is 0. The third-order valence-electron chi connectivity index (χ3n) is 3.10. The van der Waals surface area contributed by atoms with Crippen molar-refractivity contribution >= 4 is 58.1 Å². The summed E-state index contributed by atoms with van der Waals surface area (Å²) in [5.74, 6) is -1.20. The highest BCUT2D eigenvalue weighted by atomic mass is 35.5. The molecule has 9 heteroatoms. The summed E-state index contributed by atoms with van der Waals surface area (Å²) in [5, 5.41) is 14.6. The Morgan fingerprint density at radius 1 is 1.12 bits per heavy atom. The molecule has 0 saturated heterocycles. The summed E-state index contributed by atoms with van der Waals surface area (Å²) >= 11 is 16.8. The summed E-state index contributed by atoms with van der Waals surface area (Å²) < 4.78 is 5.02. The standard InChI is InChI=1S/C16H12Cl2N2O4S/c1-24-13-5-2-8(6-12(13)18)14(21)20-16(25)19-9-3-4-11(17)10(7-9)15(22)23/h2-7H,1H3,(H,22,23)(H2,19,20,21,25). The van der Waals surface area contributed by atoms with Gasteiger partial charge < -0.3 is 15.2 Å². The molecule has 0 atom stereocenters. The molecule has 0 aliphatic carbocycles. The maximum Gasteiger partial charge on any atom is 0.337 e. The average Bonchev–Trinajstić information content (AvgIpc) is 2.56. The van der Waals surface area contributed by atoms with Gasteiger partial charge in [0.25, 0.3) is 5.91 Å². The number of anilines is 1. The van der Waals surface area contributed by atoms with E-state index in [1.807, 2.05) is 0 Å². The minimum atomic E-state index is -1.17. The van der Waals surface area contributed by atoms with Crippen molar-refractivity contribution in [1.29, 1.82) is 0 Å². The Morgan fingerprint density at radius 2 is 1.84 bits per heavy atom. The average molecular weight is 399 g/mol. The minimum Gasteiger partial charge on any atom is -0.495 e. The SMILES string of the molecule is COc1ccc(C(=O)NC(=S)Nc2ccc(Cl)c(C(=O)O)c2)cc1Cl. The van der Waals surface area contributed by atoms with Gasteiger partial charge in [-0.15, -0.1) is 0 Å². The Kier molecular flexibility index (Phi) is 6.19. The number of thiocarbonyl (C=S) groups is 1. The first-order valence-electron chi connectivity index (χ1n) is 6.80. The monoisotopic (exact) mass is 398 g/mol. The van der Waals surface area contributed by atoms with E-state index in [1.54, 1.807) is 6.07 Å². The smallest absolute Gasteiger partial charge is 0.337 e. The van der Waals surface area contributed by atoms with Crippen molar-refractivity contribution in [2.24, 2.45) is 0 Å². The highest BCUT2D eigenvalue weighted by molar-refractivity contribution is 7.80. The number of hydrogen-bond acceptors (Lipinski definition) is 4. The maximum absolute atomic E-state index is 12.2. The topological polar surface area (TPSA) is 87.7 Å². The van der Waals surface area contributed by atoms with Gasteiger partial charge >= 0.3 is 5.97 Å². The van der Waals surface area contributed by atoms with Gasteiger partial charge in [0.15, 0.2) is 5.11 Å². The van der Waals surface area contributed by atoms with Gasteiger partial charge in [0, 0.05) is 11.3 Å². The van der Waals surface area contributed by atoms with Crippen LogP contribution in [0, 0.1) is 0 Å². The number of aromatic carboxylic acids is 1. The Hall–Kier alpha value is -2.35. The number of benzene rings is 2. The second-order valence-electron chi connectivity index (χ2n) is 4.76. The molecular formula is C16H12Cl2N2O4S. The number of hydrogen-bond donors (Lipinski definition) is 3. The zero-order valence-electron chi connectivity index (χ0n) is 12.8. The van der Waals surface area contributed by atoms with Crippen LogP contribution in [0.1, 0.15) is 20.7 Å². The van der Waals surface area contributed by atoms with Crippen molar-refractivity contribution in [3.63, 3.8) is 0 Å². The van der Waals surface area contributed by atoms with Gasteiger partial charge in [0.2, 0.25) is 0 Å². The van der Waals surface area contributed by atoms with E-state index in [1.165, 1.54) is 37.4 Å². The van der Waals surface area contributed by atoms with Crippen LogP contribution in [0.15, 0.2) is 36.4 Å². The molecule has 2 aromatic carbocycles. The van der Waals surface area contributed by atoms with E-state index in [9.17, 15) is 9.59 Å². The van der Waals surface area contributed by atoms with Crippen LogP contribution in [0.25, 0.3) is 0 Å². The number of carbonyl (C=O) groups excluding carboxylic acids is 1. The molecule has 130 valence electrons. The number of ether oxygens (including phenoxy) is 1. The summed E-state index contributed by atoms with van der Waals surface area (Å²) in [5.41, 5.74) is 0.583. The van der Waals surface area contributed by atoms with Gasteiger partial charge in [-0.3, -0.25) is 10.1 Å². The van der Waals surface area contributed by atoms with Crippen LogP contribution in [-0.2, 0) is 0 Å². The van der Waals surface area contributed by atoms with Gasteiger partial charge in [-0.25, -0.2) is 4.79 Å². The van der Waals surface area contributed by atoms with Gasteiger partial charge in [-0.2, -0.15) is 0 Å². The molecule has 0 aromatic heterocycles. The minimum absolute atomic E-state index is 0.00407. The Labute approximate surface area is 158 Å². The summed E-state index contributed by atoms with van der Waals surface area (Å²) in [7, 11) is 1.47. The van der Waals surface area contributed by atoms with E-state index in [0.717, 1.165) is 0 Å². The summed E-state index contributed by atoms with van der Waals surface area (Å²) in [4.78, 5) is 23.2. The molecule has 0 fully saturated rings. The van der Waals surface area contributed by atoms with Crippen LogP contribution in [0.4, 0.5) is 5.69 Å². The van der Waals surface area contributed by atoms with Crippen molar-refractivity contribution in [1.82, 2.24) is 5.32 Å². The zero-order valence-corrected chi connectivity index (χ0v) is 15.1. The molecule has 0 aliphatic rings. The molecular weight excluding hydrogens is 387 g/mol. The van der Waals surface area contributed by atoms with Crippen LogP contribution in [0.5, 0.6) is 5.75 Å². The predicted molar refractivity (Wildman–Crippen MR) is 100 cm³/mol. The Morgan fingerprint density at radius 3 is 2.44 bits per heavy atom. The molecule has 0 radical (unpaired) electrons. The zero-order chi connectivity index (χ0) is 18.6. The third kappa shape index (κ3) is 4.82. The summed E-state index contributed by atoms with van der Waals surface area (Å²) in [6, 6.07) is 8.81. The Balaban J connectivity index is 2.07. The van der Waals surface area contributed by atoms with Crippen molar-refractivity contribution in [2.45, 2.75) is 0 Å². The van der Waals surface area contributed by atoms with Crippen LogP contribution < -0.4 is 15.4 Å². The number of rotatable bonds is 4. The number of halogens is 2. The van der Waals surface area contributed by atoms with E-state index in [4.69, 9.17) is 45.3 Å². The first-order chi connectivity index (χ1) is 11.8. The highest BCUT2D eigenvalue weighted by Gasteiger charge is 2.13. The predicted octanol–water partition coefficient (Wildman–Crippen LogP) is 3.83. The van der Waals surface area contributed by atoms with Crippen molar-refractivity contribution < 1.29 is 19.4 Å². The van der Waals surface area contributed by atoms with Crippen LogP contribution >= 0.6 is 35.4 Å². The lowest BCUT2D eigenvalue weighted by Gasteiger charge is -2.11. The summed E-state index contributed by atoms with van der Waals surface area (Å²) in [6.07, 6.45) is 0. The van der Waals surface area contributed by atoms with Crippen molar-refractivity contribution in [3.8, 4) is 5.75 Å². The fourth-order valence-corrected chi connectivity index (χ4v) is 2.58. The quantitative estimate of drug-likeness (QED) is 0.678. The molecule has 0 saturated carbocycles. The highest BCUT2D eigenvalue weighted by Crippen LogP contribution is 2.25. The largest absolute Gasteiger partial charge is 0.495 e. The molecule has 0 spiro atoms. The van der Waals surface area contributed by atoms with Gasteiger partial charge in [0.05, 0.1) is 22.7 Å². The van der Waals surface area contributed by atoms with E-state index < -0.39 is 11.9 Å². The number of nitrogens with one attached hydrogen (secondary N) is 2. The maximum atomic E-state index is 12.2. The second-order valence-corrected chi connectivity index (χ2v) is 5.98. The molecule has 2 rings (SSSR count). The second kappa shape index (κ2) is 8.15. The normalized spacial score (nSPS) is 10.0. The fraction of sp³-hybridized carbons (Fsp3) is 0.0625. The number of carbonyl (C=O) groups is 2. The molecule has 6 nitrogen and oxygen atoms in total. The number of amides is 1. The molecule has 1 amide bonds. The van der Waals surface area contributed by atoms with Crippen molar-refractivity contribution in [2.75, 3.05) is 12.4 Å². The number of methoxy groups -OCH3 is 1. The Bertz CT molecular complexity index is 858. The first-order valence-corrected chi connectivity index (χ1v) is 7.97.